The van der Waals surface area contributed by atoms with Gasteiger partial charge in [0.25, 0.3) is 0 Å². The predicted molar refractivity (Wildman–Crippen MR) is 103 cm³/mol. The number of carbonyl (C=O) groups excluding carboxylic acids is 1. The van der Waals surface area contributed by atoms with Gasteiger partial charge in [-0.3, -0.25) is 4.79 Å². The number of benzene rings is 1. The first-order valence-electron chi connectivity index (χ1n) is 7.85. The lowest BCUT2D eigenvalue weighted by Crippen LogP contribution is -2.14. The van der Waals surface area contributed by atoms with Crippen LogP contribution in [0.1, 0.15) is 5.76 Å². The second-order valence-corrected chi connectivity index (χ2v) is 7.53. The van der Waals surface area contributed by atoms with Gasteiger partial charge in [0.05, 0.1) is 5.75 Å². The molecule has 0 atom stereocenters. The summed E-state index contributed by atoms with van der Waals surface area (Å²) >= 11 is 2.99. The van der Waals surface area contributed by atoms with Gasteiger partial charge in [-0.15, -0.1) is 11.3 Å². The Morgan fingerprint density at radius 3 is 2.85 bits per heavy atom. The highest BCUT2D eigenvalue weighted by Gasteiger charge is 2.13. The molecule has 0 unspecified atom stereocenters. The average molecular weight is 382 g/mol. The summed E-state index contributed by atoms with van der Waals surface area (Å²) in [6.45, 7) is 1.77. The molecule has 0 spiro atoms. The summed E-state index contributed by atoms with van der Waals surface area (Å²) in [4.78, 5) is 22.8. The maximum atomic E-state index is 12.1. The smallest absolute Gasteiger partial charge is 0.236 e. The maximum absolute atomic E-state index is 12.1. The van der Waals surface area contributed by atoms with Crippen LogP contribution in [-0.2, 0) is 4.79 Å². The molecule has 1 N–H and O–H groups in total. The van der Waals surface area contributed by atoms with E-state index in [4.69, 9.17) is 4.52 Å². The van der Waals surface area contributed by atoms with Crippen molar-refractivity contribution in [1.82, 2.24) is 15.1 Å². The summed E-state index contributed by atoms with van der Waals surface area (Å²) < 4.78 is 4.94. The van der Waals surface area contributed by atoms with Crippen molar-refractivity contribution in [3.05, 3.63) is 54.6 Å². The van der Waals surface area contributed by atoms with E-state index < -0.39 is 0 Å². The molecular formula is C18H14N4O2S2. The largest absolute Gasteiger partial charge is 0.360 e. The Kier molecular flexibility index (Phi) is 4.68. The molecule has 8 heteroatoms. The molecule has 6 nitrogen and oxygen atoms in total. The van der Waals surface area contributed by atoms with Gasteiger partial charge in [-0.25, -0.2) is 9.97 Å². The van der Waals surface area contributed by atoms with E-state index in [1.807, 2.05) is 18.2 Å². The van der Waals surface area contributed by atoms with E-state index in [0.717, 1.165) is 25.7 Å². The third kappa shape index (κ3) is 3.61. The molecule has 130 valence electrons. The first-order chi connectivity index (χ1) is 12.7. The number of rotatable bonds is 5. The van der Waals surface area contributed by atoms with Crippen LogP contribution in [0.2, 0.25) is 0 Å². The minimum Gasteiger partial charge on any atom is -0.360 e. The number of hydrogen-bond acceptors (Lipinski definition) is 7. The topological polar surface area (TPSA) is 80.9 Å². The van der Waals surface area contributed by atoms with Gasteiger partial charge in [-0.05, 0) is 18.6 Å². The fourth-order valence-corrected chi connectivity index (χ4v) is 4.27. The Bertz CT molecular complexity index is 1060. The molecule has 4 aromatic rings. The van der Waals surface area contributed by atoms with Gasteiger partial charge < -0.3 is 9.84 Å². The molecule has 0 aliphatic carbocycles. The summed E-state index contributed by atoms with van der Waals surface area (Å²) in [6, 6.07) is 13.9. The van der Waals surface area contributed by atoms with Crippen LogP contribution in [-0.4, -0.2) is 26.8 Å². The molecule has 0 radical (unpaired) electrons. The fourth-order valence-electron chi connectivity index (χ4n) is 2.43. The Labute approximate surface area is 157 Å². The van der Waals surface area contributed by atoms with Crippen LogP contribution in [0.3, 0.4) is 0 Å². The van der Waals surface area contributed by atoms with E-state index in [1.54, 1.807) is 24.3 Å². The molecule has 1 aromatic carbocycles. The molecule has 0 saturated carbocycles. The second-order valence-electron chi connectivity index (χ2n) is 5.53. The van der Waals surface area contributed by atoms with E-state index in [2.05, 4.69) is 38.6 Å². The zero-order valence-corrected chi connectivity index (χ0v) is 15.4. The molecule has 26 heavy (non-hydrogen) atoms. The standard InChI is InChI=1S/C18H14N4O2S2/c1-11-7-15(22-24-11)21-16(23)9-25-17-13-8-14(12-5-3-2-4-6-12)26-18(13)20-10-19-17/h2-8,10H,9H2,1H3,(H,21,22,23). The minimum atomic E-state index is -0.159. The molecule has 1 amide bonds. The molecule has 0 aliphatic rings. The van der Waals surface area contributed by atoms with Gasteiger partial charge >= 0.3 is 0 Å². The first kappa shape index (κ1) is 16.7. The number of aromatic nitrogens is 3. The Morgan fingerprint density at radius 1 is 1.23 bits per heavy atom. The van der Waals surface area contributed by atoms with Crippen LogP contribution in [0.5, 0.6) is 0 Å². The van der Waals surface area contributed by atoms with E-state index in [-0.39, 0.29) is 11.7 Å². The lowest BCUT2D eigenvalue weighted by molar-refractivity contribution is -0.113. The van der Waals surface area contributed by atoms with Crippen molar-refractivity contribution in [2.75, 3.05) is 11.1 Å². The first-order valence-corrected chi connectivity index (χ1v) is 9.65. The van der Waals surface area contributed by atoms with Crippen molar-refractivity contribution in [2.24, 2.45) is 0 Å². The summed E-state index contributed by atoms with van der Waals surface area (Å²) in [5, 5.41) is 8.22. The van der Waals surface area contributed by atoms with Crippen molar-refractivity contribution in [3.8, 4) is 10.4 Å². The fraction of sp³-hybridized carbons (Fsp3) is 0.111. The minimum absolute atomic E-state index is 0.159. The number of fused-ring (bicyclic) bond motifs is 1. The Morgan fingerprint density at radius 2 is 2.08 bits per heavy atom. The van der Waals surface area contributed by atoms with Crippen molar-refractivity contribution in [2.45, 2.75) is 11.9 Å². The van der Waals surface area contributed by atoms with Crippen LogP contribution in [0.15, 0.2) is 58.3 Å². The average Bonchev–Trinajstić information content (AvgIpc) is 3.27. The van der Waals surface area contributed by atoms with Crippen LogP contribution in [0, 0.1) is 6.92 Å². The molecule has 3 aromatic heterocycles. The summed E-state index contributed by atoms with van der Waals surface area (Å²) in [6.07, 6.45) is 1.54. The normalized spacial score (nSPS) is 11.0. The van der Waals surface area contributed by atoms with Gasteiger partial charge in [0, 0.05) is 16.3 Å². The van der Waals surface area contributed by atoms with E-state index >= 15 is 0 Å². The number of aryl methyl sites for hydroxylation is 1. The van der Waals surface area contributed by atoms with Crippen LogP contribution in [0.25, 0.3) is 20.7 Å². The zero-order chi connectivity index (χ0) is 17.9. The van der Waals surface area contributed by atoms with Gasteiger partial charge in [-0.1, -0.05) is 47.3 Å². The summed E-state index contributed by atoms with van der Waals surface area (Å²) in [7, 11) is 0. The number of thioether (sulfide) groups is 1. The van der Waals surface area contributed by atoms with Crippen molar-refractivity contribution < 1.29 is 9.32 Å². The Hall–Kier alpha value is -2.71. The summed E-state index contributed by atoms with van der Waals surface area (Å²) in [5.41, 5.74) is 1.14. The van der Waals surface area contributed by atoms with Gasteiger partial charge in [-0.2, -0.15) is 0 Å². The highest BCUT2D eigenvalue weighted by atomic mass is 32.2. The number of nitrogens with one attached hydrogen (secondary N) is 1. The third-order valence-corrected chi connectivity index (χ3v) is 5.68. The number of nitrogens with zero attached hydrogens (tertiary/aromatic N) is 3. The molecule has 0 fully saturated rings. The van der Waals surface area contributed by atoms with Crippen molar-refractivity contribution in [3.63, 3.8) is 0 Å². The molecule has 0 bridgehead atoms. The van der Waals surface area contributed by atoms with Crippen LogP contribution in [0.4, 0.5) is 5.82 Å². The van der Waals surface area contributed by atoms with E-state index in [0.29, 0.717) is 11.6 Å². The molecule has 0 saturated heterocycles. The van der Waals surface area contributed by atoms with E-state index in [1.165, 1.54) is 18.1 Å². The van der Waals surface area contributed by atoms with Gasteiger partial charge in [0.1, 0.15) is 21.9 Å². The highest BCUT2D eigenvalue weighted by Crippen LogP contribution is 2.36. The van der Waals surface area contributed by atoms with E-state index in [9.17, 15) is 4.79 Å². The zero-order valence-electron chi connectivity index (χ0n) is 13.8. The van der Waals surface area contributed by atoms with Crippen molar-refractivity contribution >= 4 is 45.0 Å². The number of carbonyl (C=O) groups is 1. The van der Waals surface area contributed by atoms with Crippen LogP contribution >= 0.6 is 23.1 Å². The Balaban J connectivity index is 1.51. The lowest BCUT2D eigenvalue weighted by atomic mass is 10.2. The molecule has 4 rings (SSSR count). The monoisotopic (exact) mass is 382 g/mol. The number of amides is 1. The van der Waals surface area contributed by atoms with Gasteiger partial charge in [0.15, 0.2) is 5.82 Å². The number of hydrogen-bond donors (Lipinski definition) is 1. The predicted octanol–water partition coefficient (Wildman–Crippen LogP) is 4.39. The second kappa shape index (κ2) is 7.27. The van der Waals surface area contributed by atoms with Gasteiger partial charge in [0.2, 0.25) is 5.91 Å². The summed E-state index contributed by atoms with van der Waals surface area (Å²) in [5.74, 6) is 1.14. The molecule has 0 aliphatic heterocycles. The highest BCUT2D eigenvalue weighted by molar-refractivity contribution is 8.00. The molecular weight excluding hydrogens is 368 g/mol. The molecule has 3 heterocycles. The van der Waals surface area contributed by atoms with Crippen LogP contribution < -0.4 is 5.32 Å². The quantitative estimate of drug-likeness (QED) is 0.407. The number of thiophene rings is 1. The number of anilines is 1. The maximum Gasteiger partial charge on any atom is 0.236 e. The lowest BCUT2D eigenvalue weighted by Gasteiger charge is -2.02. The third-order valence-electron chi connectivity index (χ3n) is 3.59. The SMILES string of the molecule is Cc1cc(NC(=O)CSc2ncnc3sc(-c4ccccc4)cc23)no1. The van der Waals surface area contributed by atoms with Crippen molar-refractivity contribution in [1.29, 1.82) is 0 Å².